The molecule has 2 aromatic rings. The van der Waals surface area contributed by atoms with Crippen LogP contribution in [-0.4, -0.2) is 29.0 Å². The molecular weight excluding hydrogens is 301 g/mol. The predicted molar refractivity (Wildman–Crippen MR) is 83.3 cm³/mol. The monoisotopic (exact) mass is 317 g/mol. The van der Waals surface area contributed by atoms with E-state index in [1.165, 1.54) is 29.9 Å². The molecule has 1 aromatic heterocycles. The molecule has 0 radical (unpaired) electrons. The first-order valence-corrected chi connectivity index (χ1v) is 8.29. The van der Waals surface area contributed by atoms with Crippen LogP contribution < -0.4 is 10.6 Å². The number of halogens is 1. The van der Waals surface area contributed by atoms with Crippen molar-refractivity contribution in [3.8, 4) is 10.6 Å². The lowest BCUT2D eigenvalue weighted by atomic mass is 9.95. The second-order valence-corrected chi connectivity index (χ2v) is 6.93. The Hall–Kier alpha value is -1.79. The number of rotatable bonds is 3. The lowest BCUT2D eigenvalue weighted by Gasteiger charge is -2.20. The Balaban J connectivity index is 1.46. The molecule has 3 heterocycles. The van der Waals surface area contributed by atoms with Crippen LogP contribution in [0.3, 0.4) is 0 Å². The first kappa shape index (κ1) is 13.8. The van der Waals surface area contributed by atoms with E-state index in [1.54, 1.807) is 18.3 Å². The molecule has 22 heavy (non-hydrogen) atoms. The van der Waals surface area contributed by atoms with Crippen molar-refractivity contribution in [2.45, 2.75) is 37.4 Å². The van der Waals surface area contributed by atoms with Crippen molar-refractivity contribution in [3.63, 3.8) is 0 Å². The lowest BCUT2D eigenvalue weighted by Crippen LogP contribution is -2.42. The minimum absolute atomic E-state index is 0.0646. The van der Waals surface area contributed by atoms with Gasteiger partial charge in [-0.05, 0) is 43.5 Å². The van der Waals surface area contributed by atoms with Crippen LogP contribution in [-0.2, 0) is 0 Å². The number of hydrogen-bond acceptors (Lipinski definition) is 4. The van der Waals surface area contributed by atoms with Gasteiger partial charge in [-0.2, -0.15) is 0 Å². The standard InChI is InChI=1S/C16H16FN3OS/c17-10-3-1-9(2-4-10)16-18-8-14(22-16)15(21)20-13-7-11-5-6-12(13)19-11/h1-4,8,11-13,19H,5-7H2,(H,20,21)/t11-,12+,13-/m1/s1. The number of amides is 1. The van der Waals surface area contributed by atoms with Crippen molar-refractivity contribution in [3.05, 3.63) is 41.2 Å². The number of aromatic nitrogens is 1. The van der Waals surface area contributed by atoms with Gasteiger partial charge in [-0.25, -0.2) is 9.37 Å². The summed E-state index contributed by atoms with van der Waals surface area (Å²) in [5.74, 6) is -0.340. The molecule has 114 valence electrons. The normalized spacial score (nSPS) is 26.3. The van der Waals surface area contributed by atoms with E-state index in [1.807, 2.05) is 0 Å². The molecule has 2 N–H and O–H groups in total. The van der Waals surface area contributed by atoms with E-state index in [0.717, 1.165) is 23.4 Å². The summed E-state index contributed by atoms with van der Waals surface area (Å²) in [4.78, 5) is 17.2. The molecule has 4 rings (SSSR count). The van der Waals surface area contributed by atoms with Gasteiger partial charge in [0.1, 0.15) is 15.7 Å². The van der Waals surface area contributed by atoms with Crippen LogP contribution >= 0.6 is 11.3 Å². The van der Waals surface area contributed by atoms with Crippen LogP contribution in [0.4, 0.5) is 4.39 Å². The number of hydrogen-bond donors (Lipinski definition) is 2. The molecule has 0 spiro atoms. The summed E-state index contributed by atoms with van der Waals surface area (Å²) in [6.45, 7) is 0. The minimum atomic E-state index is -0.276. The van der Waals surface area contributed by atoms with Gasteiger partial charge in [0, 0.05) is 23.7 Å². The SMILES string of the molecule is O=C(N[C@@H]1C[C@H]2CC[C@@H]1N2)c1cnc(-c2ccc(F)cc2)s1. The molecule has 6 heteroatoms. The molecule has 1 aromatic carbocycles. The predicted octanol–water partition coefficient (Wildman–Crippen LogP) is 2.57. The van der Waals surface area contributed by atoms with Crippen molar-refractivity contribution >= 4 is 17.2 Å². The number of benzene rings is 1. The minimum Gasteiger partial charge on any atom is -0.347 e. The Morgan fingerprint density at radius 1 is 1.32 bits per heavy atom. The molecule has 2 aliphatic heterocycles. The lowest BCUT2D eigenvalue weighted by molar-refractivity contribution is 0.0935. The molecular formula is C16H16FN3OS. The van der Waals surface area contributed by atoms with Gasteiger partial charge in [0.25, 0.3) is 5.91 Å². The number of carbonyl (C=O) groups is 1. The quantitative estimate of drug-likeness (QED) is 0.915. The summed E-state index contributed by atoms with van der Waals surface area (Å²) in [6, 6.07) is 7.35. The number of thiazole rings is 1. The van der Waals surface area contributed by atoms with Crippen molar-refractivity contribution in [2.75, 3.05) is 0 Å². The van der Waals surface area contributed by atoms with Crippen LogP contribution in [0, 0.1) is 5.82 Å². The van der Waals surface area contributed by atoms with Gasteiger partial charge in [0.15, 0.2) is 0 Å². The summed E-state index contributed by atoms with van der Waals surface area (Å²) in [5.41, 5.74) is 0.826. The maximum Gasteiger partial charge on any atom is 0.263 e. The fraction of sp³-hybridized carbons (Fsp3) is 0.375. The summed E-state index contributed by atoms with van der Waals surface area (Å²) in [7, 11) is 0. The molecule has 3 atom stereocenters. The van der Waals surface area contributed by atoms with Crippen LogP contribution in [0.2, 0.25) is 0 Å². The first-order chi connectivity index (χ1) is 10.7. The highest BCUT2D eigenvalue weighted by Gasteiger charge is 2.39. The number of fused-ring (bicyclic) bond motifs is 2. The third-order valence-corrected chi connectivity index (χ3v) is 5.48. The van der Waals surface area contributed by atoms with Crippen LogP contribution in [0.15, 0.2) is 30.5 Å². The van der Waals surface area contributed by atoms with Crippen molar-refractivity contribution in [2.24, 2.45) is 0 Å². The van der Waals surface area contributed by atoms with Crippen molar-refractivity contribution in [1.82, 2.24) is 15.6 Å². The smallest absolute Gasteiger partial charge is 0.263 e. The van der Waals surface area contributed by atoms with E-state index in [2.05, 4.69) is 15.6 Å². The van der Waals surface area contributed by atoms with Gasteiger partial charge in [-0.3, -0.25) is 4.79 Å². The Morgan fingerprint density at radius 3 is 2.82 bits per heavy atom. The van der Waals surface area contributed by atoms with Gasteiger partial charge in [-0.1, -0.05) is 0 Å². The zero-order chi connectivity index (χ0) is 15.1. The Kier molecular flexibility index (Phi) is 3.43. The van der Waals surface area contributed by atoms with Crippen LogP contribution in [0.5, 0.6) is 0 Å². The topological polar surface area (TPSA) is 54.0 Å². The zero-order valence-corrected chi connectivity index (χ0v) is 12.7. The Morgan fingerprint density at radius 2 is 2.14 bits per heavy atom. The Labute approximate surface area is 131 Å². The van der Waals surface area contributed by atoms with E-state index < -0.39 is 0 Å². The summed E-state index contributed by atoms with van der Waals surface area (Å²) in [6.07, 6.45) is 4.96. The highest BCUT2D eigenvalue weighted by molar-refractivity contribution is 7.16. The second-order valence-electron chi connectivity index (χ2n) is 5.90. The molecule has 2 saturated heterocycles. The zero-order valence-electron chi connectivity index (χ0n) is 11.9. The molecule has 2 aliphatic rings. The van der Waals surface area contributed by atoms with E-state index in [-0.39, 0.29) is 17.8 Å². The number of nitrogens with one attached hydrogen (secondary N) is 2. The van der Waals surface area contributed by atoms with Crippen LogP contribution in [0.1, 0.15) is 28.9 Å². The molecule has 1 amide bonds. The third-order valence-electron chi connectivity index (χ3n) is 4.44. The maximum atomic E-state index is 12.9. The average Bonchev–Trinajstić information content (AvgIpc) is 3.24. The molecule has 0 aliphatic carbocycles. The number of carbonyl (C=O) groups excluding carboxylic acids is 1. The highest BCUT2D eigenvalue weighted by Crippen LogP contribution is 2.29. The van der Waals surface area contributed by atoms with Gasteiger partial charge in [0.05, 0.1) is 6.20 Å². The van der Waals surface area contributed by atoms with Crippen molar-refractivity contribution in [1.29, 1.82) is 0 Å². The van der Waals surface area contributed by atoms with Gasteiger partial charge >= 0.3 is 0 Å². The van der Waals surface area contributed by atoms with E-state index in [9.17, 15) is 9.18 Å². The van der Waals surface area contributed by atoms with E-state index in [0.29, 0.717) is 17.0 Å². The van der Waals surface area contributed by atoms with Crippen molar-refractivity contribution < 1.29 is 9.18 Å². The second kappa shape index (κ2) is 5.44. The van der Waals surface area contributed by atoms with E-state index in [4.69, 9.17) is 0 Å². The molecule has 4 nitrogen and oxygen atoms in total. The first-order valence-electron chi connectivity index (χ1n) is 7.48. The molecule has 0 saturated carbocycles. The molecule has 0 unspecified atom stereocenters. The maximum absolute atomic E-state index is 12.9. The summed E-state index contributed by atoms with van der Waals surface area (Å²) in [5, 5.41) is 7.35. The number of nitrogens with zero attached hydrogens (tertiary/aromatic N) is 1. The Bertz CT molecular complexity index is 700. The summed E-state index contributed by atoms with van der Waals surface area (Å²) < 4.78 is 12.9. The summed E-state index contributed by atoms with van der Waals surface area (Å²) >= 11 is 1.34. The van der Waals surface area contributed by atoms with Gasteiger partial charge < -0.3 is 10.6 Å². The van der Waals surface area contributed by atoms with Gasteiger partial charge in [0.2, 0.25) is 0 Å². The molecule has 2 fully saturated rings. The highest BCUT2D eigenvalue weighted by atomic mass is 32.1. The fourth-order valence-corrected chi connectivity index (χ4v) is 4.15. The fourth-order valence-electron chi connectivity index (χ4n) is 3.33. The average molecular weight is 317 g/mol. The van der Waals surface area contributed by atoms with Crippen LogP contribution in [0.25, 0.3) is 10.6 Å². The van der Waals surface area contributed by atoms with Gasteiger partial charge in [-0.15, -0.1) is 11.3 Å². The van der Waals surface area contributed by atoms with E-state index >= 15 is 0 Å². The molecule has 2 bridgehead atoms. The third kappa shape index (κ3) is 2.53. The largest absolute Gasteiger partial charge is 0.347 e.